The van der Waals surface area contributed by atoms with Gasteiger partial charge in [0.1, 0.15) is 0 Å². The van der Waals surface area contributed by atoms with E-state index in [9.17, 15) is 4.79 Å². The van der Waals surface area contributed by atoms with Crippen LogP contribution in [0.25, 0.3) is 0 Å². The number of carbonyl (C=O) groups is 1. The van der Waals surface area contributed by atoms with Crippen LogP contribution in [0.3, 0.4) is 0 Å². The molecule has 0 aromatic rings. The molecule has 0 aliphatic carbocycles. The lowest BCUT2D eigenvalue weighted by Crippen LogP contribution is -2.24. The van der Waals surface area contributed by atoms with Gasteiger partial charge in [-0.1, -0.05) is 11.9 Å². The van der Waals surface area contributed by atoms with Crippen LogP contribution in [0.1, 0.15) is 33.6 Å². The Kier molecular flexibility index (Phi) is 5.78. The fourth-order valence-corrected chi connectivity index (χ4v) is 0.413. The first kappa shape index (κ1) is 10.4. The number of hydrogen-bond donors (Lipinski definition) is 1. The van der Waals surface area contributed by atoms with Crippen molar-refractivity contribution in [2.75, 3.05) is 0 Å². The summed E-state index contributed by atoms with van der Waals surface area (Å²) in [6.07, 6.45) is 1.16. The van der Waals surface area contributed by atoms with Crippen molar-refractivity contribution in [3.63, 3.8) is 0 Å². The molecular weight excluding hydrogens is 146 g/mol. The third kappa shape index (κ3) is 7.29. The third-order valence-corrected chi connectivity index (χ3v) is 0.873. The van der Waals surface area contributed by atoms with Crippen LogP contribution < -0.4 is 5.48 Å². The molecule has 0 rings (SSSR count). The molecule has 0 saturated heterocycles. The van der Waals surface area contributed by atoms with Crippen molar-refractivity contribution in [3.8, 4) is 0 Å². The second-order valence-corrected chi connectivity index (χ2v) is 2.56. The van der Waals surface area contributed by atoms with Gasteiger partial charge in [-0.05, 0) is 20.3 Å². The van der Waals surface area contributed by atoms with E-state index in [1.807, 2.05) is 20.8 Å². The van der Waals surface area contributed by atoms with E-state index in [4.69, 9.17) is 0 Å². The lowest BCUT2D eigenvalue weighted by molar-refractivity contribution is -0.313. The predicted octanol–water partition coefficient (Wildman–Crippen LogP) is 1.17. The Hall–Kier alpha value is -0.610. The normalized spacial score (nSPS) is 10.2. The highest BCUT2D eigenvalue weighted by Crippen LogP contribution is 1.90. The summed E-state index contributed by atoms with van der Waals surface area (Å²) in [5.41, 5.74) is 2.49. The molecule has 1 N–H and O–H groups in total. The molecule has 0 aromatic carbocycles. The summed E-state index contributed by atoms with van der Waals surface area (Å²) in [4.78, 5) is 19.4. The Bertz CT molecular complexity index is 114. The minimum absolute atomic E-state index is 0.143. The Morgan fingerprint density at radius 1 is 1.55 bits per heavy atom. The monoisotopic (exact) mass is 161 g/mol. The minimum Gasteiger partial charge on any atom is -0.280 e. The zero-order valence-electron chi connectivity index (χ0n) is 7.22. The first-order chi connectivity index (χ1) is 5.16. The van der Waals surface area contributed by atoms with Gasteiger partial charge in [0.25, 0.3) is 0 Å². The summed E-state index contributed by atoms with van der Waals surface area (Å²) in [5.74, 6) is -0.347. The van der Waals surface area contributed by atoms with Crippen LogP contribution in [-0.4, -0.2) is 12.0 Å². The average Bonchev–Trinajstić information content (AvgIpc) is 1.87. The van der Waals surface area contributed by atoms with Crippen molar-refractivity contribution in [2.45, 2.75) is 39.7 Å². The molecule has 0 amide bonds. The van der Waals surface area contributed by atoms with Crippen molar-refractivity contribution in [1.29, 1.82) is 0 Å². The standard InChI is InChI=1S/C7H15NO3/c1-4-5-7(9)10-11-8-6(2)3/h6,8H,4-5H2,1-3H3. The Morgan fingerprint density at radius 3 is 2.64 bits per heavy atom. The predicted molar refractivity (Wildman–Crippen MR) is 40.4 cm³/mol. The molecule has 0 heterocycles. The quantitative estimate of drug-likeness (QED) is 0.485. The van der Waals surface area contributed by atoms with Crippen molar-refractivity contribution in [2.24, 2.45) is 0 Å². The van der Waals surface area contributed by atoms with Crippen molar-refractivity contribution >= 4 is 5.97 Å². The Labute approximate surface area is 66.8 Å². The number of nitrogens with one attached hydrogen (secondary N) is 1. The molecule has 11 heavy (non-hydrogen) atoms. The summed E-state index contributed by atoms with van der Waals surface area (Å²) in [5, 5.41) is 0. The maximum Gasteiger partial charge on any atom is 0.344 e. The van der Waals surface area contributed by atoms with Gasteiger partial charge in [0, 0.05) is 12.5 Å². The lowest BCUT2D eigenvalue weighted by atomic mass is 10.3. The van der Waals surface area contributed by atoms with E-state index in [0.29, 0.717) is 6.42 Å². The number of hydrogen-bond acceptors (Lipinski definition) is 4. The van der Waals surface area contributed by atoms with Crippen LogP contribution >= 0.6 is 0 Å². The lowest BCUT2D eigenvalue weighted by Gasteiger charge is -2.05. The van der Waals surface area contributed by atoms with Crippen LogP contribution in [0.5, 0.6) is 0 Å². The largest absolute Gasteiger partial charge is 0.344 e. The van der Waals surface area contributed by atoms with Crippen molar-refractivity contribution in [1.82, 2.24) is 5.48 Å². The van der Waals surface area contributed by atoms with Crippen molar-refractivity contribution in [3.05, 3.63) is 0 Å². The number of rotatable bonds is 5. The smallest absolute Gasteiger partial charge is 0.280 e. The van der Waals surface area contributed by atoms with Crippen LogP contribution in [-0.2, 0) is 14.7 Å². The highest BCUT2D eigenvalue weighted by Gasteiger charge is 2.01. The van der Waals surface area contributed by atoms with Gasteiger partial charge in [-0.2, -0.15) is 5.48 Å². The topological polar surface area (TPSA) is 47.6 Å². The summed E-state index contributed by atoms with van der Waals surface area (Å²) < 4.78 is 0. The fraction of sp³-hybridized carbons (Fsp3) is 0.857. The van der Waals surface area contributed by atoms with Gasteiger partial charge in [0.15, 0.2) is 0 Å². The van der Waals surface area contributed by atoms with E-state index in [2.05, 4.69) is 15.4 Å². The zero-order valence-corrected chi connectivity index (χ0v) is 7.22. The molecule has 66 valence electrons. The SMILES string of the molecule is CCCC(=O)OONC(C)C. The van der Waals surface area contributed by atoms with E-state index < -0.39 is 0 Å². The summed E-state index contributed by atoms with van der Waals surface area (Å²) in [6, 6.07) is 0.143. The zero-order chi connectivity index (χ0) is 8.69. The second kappa shape index (κ2) is 6.12. The van der Waals surface area contributed by atoms with Gasteiger partial charge in [0.2, 0.25) is 0 Å². The molecule has 0 spiro atoms. The third-order valence-electron chi connectivity index (χ3n) is 0.873. The molecule has 0 unspecified atom stereocenters. The molecule has 0 radical (unpaired) electrons. The van der Waals surface area contributed by atoms with Crippen LogP contribution in [0.4, 0.5) is 0 Å². The fourth-order valence-electron chi connectivity index (χ4n) is 0.413. The molecule has 0 aliphatic rings. The van der Waals surface area contributed by atoms with E-state index >= 15 is 0 Å². The van der Waals surface area contributed by atoms with Crippen LogP contribution in [0.15, 0.2) is 0 Å². The Balaban J connectivity index is 3.17. The highest BCUT2D eigenvalue weighted by molar-refractivity contribution is 5.68. The van der Waals surface area contributed by atoms with Crippen LogP contribution in [0, 0.1) is 0 Å². The van der Waals surface area contributed by atoms with E-state index in [0.717, 1.165) is 6.42 Å². The first-order valence-corrected chi connectivity index (χ1v) is 3.78. The molecule has 4 nitrogen and oxygen atoms in total. The van der Waals surface area contributed by atoms with Crippen LogP contribution in [0.2, 0.25) is 0 Å². The van der Waals surface area contributed by atoms with E-state index in [-0.39, 0.29) is 12.0 Å². The summed E-state index contributed by atoms with van der Waals surface area (Å²) >= 11 is 0. The molecule has 0 fully saturated rings. The maximum absolute atomic E-state index is 10.6. The number of carbonyl (C=O) groups excluding carboxylic acids is 1. The van der Waals surface area contributed by atoms with E-state index in [1.54, 1.807) is 0 Å². The van der Waals surface area contributed by atoms with Gasteiger partial charge in [-0.15, -0.1) is 0 Å². The average molecular weight is 161 g/mol. The highest BCUT2D eigenvalue weighted by atomic mass is 17.3. The first-order valence-electron chi connectivity index (χ1n) is 3.78. The van der Waals surface area contributed by atoms with Gasteiger partial charge in [-0.25, -0.2) is 4.79 Å². The second-order valence-electron chi connectivity index (χ2n) is 2.56. The molecule has 0 aromatic heterocycles. The molecule has 0 saturated carbocycles. The summed E-state index contributed by atoms with van der Waals surface area (Å²) in [6.45, 7) is 5.67. The van der Waals surface area contributed by atoms with Gasteiger partial charge >= 0.3 is 5.97 Å². The number of hydroxylamine groups is 1. The summed E-state index contributed by atoms with van der Waals surface area (Å²) in [7, 11) is 0. The molecule has 0 aliphatic heterocycles. The van der Waals surface area contributed by atoms with Crippen molar-refractivity contribution < 1.29 is 14.7 Å². The Morgan fingerprint density at radius 2 is 2.18 bits per heavy atom. The van der Waals surface area contributed by atoms with Gasteiger partial charge < -0.3 is 0 Å². The molecule has 4 heteroatoms. The maximum atomic E-state index is 10.6. The van der Waals surface area contributed by atoms with E-state index in [1.165, 1.54) is 0 Å². The van der Waals surface area contributed by atoms with Gasteiger partial charge in [-0.3, -0.25) is 4.89 Å². The molecular formula is C7H15NO3. The minimum atomic E-state index is -0.347. The molecule has 0 atom stereocenters. The molecule has 0 bridgehead atoms. The van der Waals surface area contributed by atoms with Gasteiger partial charge in [0.05, 0.1) is 0 Å².